The molecule has 1 rings (SSSR count). The summed E-state index contributed by atoms with van der Waals surface area (Å²) in [5.74, 6) is -0.366. The number of ether oxygens (including phenoxy) is 1. The molecule has 5 nitrogen and oxygen atoms in total. The van der Waals surface area contributed by atoms with E-state index in [0.29, 0.717) is 12.1 Å². The summed E-state index contributed by atoms with van der Waals surface area (Å²) in [4.78, 5) is 15.2. The summed E-state index contributed by atoms with van der Waals surface area (Å²) in [6.45, 7) is 0.633. The smallest absolute Gasteiger partial charge is 0.339 e. The fourth-order valence-corrected chi connectivity index (χ4v) is 1.01. The van der Waals surface area contributed by atoms with Crippen molar-refractivity contribution in [1.29, 1.82) is 0 Å². The molecule has 5 heteroatoms. The van der Waals surface area contributed by atoms with Gasteiger partial charge in [-0.05, 0) is 12.1 Å². The van der Waals surface area contributed by atoms with Crippen molar-refractivity contribution in [3.05, 3.63) is 29.6 Å². The highest BCUT2D eigenvalue weighted by Crippen LogP contribution is 2.01. The van der Waals surface area contributed by atoms with Crippen LogP contribution in [0.3, 0.4) is 0 Å². The summed E-state index contributed by atoms with van der Waals surface area (Å²) in [7, 11) is 5.16. The first-order valence-electron chi connectivity index (χ1n) is 4.57. The molecule has 0 saturated carbocycles. The average molecular weight is 209 g/mol. The number of hydrazine groups is 1. The highest BCUT2D eigenvalue weighted by atomic mass is 16.5. The molecule has 1 aromatic rings. The average Bonchev–Trinajstić information content (AvgIpc) is 2.26. The number of aromatic nitrogens is 1. The number of hydrogen-bond acceptors (Lipinski definition) is 5. The Bertz CT molecular complexity index is 322. The number of carbonyl (C=O) groups excluding carboxylic acids is 1. The Morgan fingerprint density at radius 1 is 1.53 bits per heavy atom. The van der Waals surface area contributed by atoms with Crippen LogP contribution in [-0.4, -0.2) is 37.2 Å². The zero-order valence-electron chi connectivity index (χ0n) is 9.15. The van der Waals surface area contributed by atoms with Crippen molar-refractivity contribution in [2.75, 3.05) is 21.2 Å². The lowest BCUT2D eigenvalue weighted by atomic mass is 10.2. The zero-order chi connectivity index (χ0) is 11.3. The van der Waals surface area contributed by atoms with Gasteiger partial charge in [0.2, 0.25) is 0 Å². The van der Waals surface area contributed by atoms with E-state index in [0.717, 1.165) is 5.69 Å². The number of methoxy groups -OCH3 is 1. The molecule has 0 unspecified atom stereocenters. The third-order valence-corrected chi connectivity index (χ3v) is 1.82. The third-order valence-electron chi connectivity index (χ3n) is 1.82. The Morgan fingerprint density at radius 2 is 2.27 bits per heavy atom. The Labute approximate surface area is 89.0 Å². The van der Waals surface area contributed by atoms with Crippen LogP contribution >= 0.6 is 0 Å². The quantitative estimate of drug-likeness (QED) is 0.576. The Kier molecular flexibility index (Phi) is 4.20. The summed E-state index contributed by atoms with van der Waals surface area (Å²) in [6.07, 6.45) is 1.51. The van der Waals surface area contributed by atoms with Gasteiger partial charge in [0, 0.05) is 20.3 Å². The van der Waals surface area contributed by atoms with Gasteiger partial charge in [-0.1, -0.05) is 0 Å². The van der Waals surface area contributed by atoms with Gasteiger partial charge in [-0.3, -0.25) is 9.99 Å². The molecule has 0 aliphatic carbocycles. The number of rotatable bonds is 4. The van der Waals surface area contributed by atoms with Crippen LogP contribution in [0.1, 0.15) is 16.1 Å². The highest BCUT2D eigenvalue weighted by Gasteiger charge is 2.04. The van der Waals surface area contributed by atoms with E-state index in [1.165, 1.54) is 13.3 Å². The molecule has 82 valence electrons. The highest BCUT2D eigenvalue weighted by molar-refractivity contribution is 5.88. The van der Waals surface area contributed by atoms with Gasteiger partial charge in [-0.15, -0.1) is 0 Å². The molecule has 1 heterocycles. The van der Waals surface area contributed by atoms with E-state index >= 15 is 0 Å². The lowest BCUT2D eigenvalue weighted by Gasteiger charge is -2.11. The van der Waals surface area contributed by atoms with Gasteiger partial charge in [-0.2, -0.15) is 0 Å². The summed E-state index contributed by atoms with van der Waals surface area (Å²) in [5.41, 5.74) is 4.41. The Hall–Kier alpha value is -1.46. The second kappa shape index (κ2) is 5.43. The van der Waals surface area contributed by atoms with E-state index in [-0.39, 0.29) is 5.97 Å². The molecule has 1 aromatic heterocycles. The number of hydrogen-bond donors (Lipinski definition) is 1. The molecular formula is C10H15N3O2. The number of carbonyl (C=O) groups is 1. The molecule has 0 bridgehead atoms. The molecule has 0 radical (unpaired) electrons. The lowest BCUT2D eigenvalue weighted by molar-refractivity contribution is 0.0600. The van der Waals surface area contributed by atoms with E-state index in [4.69, 9.17) is 0 Å². The minimum atomic E-state index is -0.366. The second-order valence-electron chi connectivity index (χ2n) is 3.26. The summed E-state index contributed by atoms with van der Waals surface area (Å²) in [5, 5.41) is 1.84. The van der Waals surface area contributed by atoms with Crippen molar-refractivity contribution in [1.82, 2.24) is 15.4 Å². The van der Waals surface area contributed by atoms with Crippen LogP contribution in [-0.2, 0) is 11.3 Å². The SMILES string of the molecule is COC(=O)c1ccc(CNN(C)C)nc1. The van der Waals surface area contributed by atoms with Crippen molar-refractivity contribution in [3.8, 4) is 0 Å². The number of pyridine rings is 1. The maximum absolute atomic E-state index is 11.1. The van der Waals surface area contributed by atoms with Crippen LogP contribution in [0.5, 0.6) is 0 Å². The lowest BCUT2D eigenvalue weighted by Crippen LogP contribution is -2.29. The molecule has 0 aromatic carbocycles. The molecule has 1 N–H and O–H groups in total. The van der Waals surface area contributed by atoms with Gasteiger partial charge in [0.15, 0.2) is 0 Å². The predicted octanol–water partition coefficient (Wildman–Crippen LogP) is 0.434. The van der Waals surface area contributed by atoms with Gasteiger partial charge in [0.05, 0.1) is 24.9 Å². The van der Waals surface area contributed by atoms with Crippen molar-refractivity contribution >= 4 is 5.97 Å². The minimum Gasteiger partial charge on any atom is -0.465 e. The maximum atomic E-state index is 11.1. The van der Waals surface area contributed by atoms with Gasteiger partial charge in [0.1, 0.15) is 0 Å². The van der Waals surface area contributed by atoms with Gasteiger partial charge in [-0.25, -0.2) is 10.2 Å². The van der Waals surface area contributed by atoms with Crippen molar-refractivity contribution < 1.29 is 9.53 Å². The fraction of sp³-hybridized carbons (Fsp3) is 0.400. The second-order valence-corrected chi connectivity index (χ2v) is 3.26. The van der Waals surface area contributed by atoms with E-state index < -0.39 is 0 Å². The van der Waals surface area contributed by atoms with Gasteiger partial charge in [0.25, 0.3) is 0 Å². The zero-order valence-corrected chi connectivity index (χ0v) is 9.15. The topological polar surface area (TPSA) is 54.5 Å². The Morgan fingerprint density at radius 3 is 2.73 bits per heavy atom. The van der Waals surface area contributed by atoms with Crippen molar-refractivity contribution in [2.24, 2.45) is 0 Å². The van der Waals surface area contributed by atoms with E-state index in [9.17, 15) is 4.79 Å². The first kappa shape index (κ1) is 11.6. The van der Waals surface area contributed by atoms with Crippen LogP contribution in [0, 0.1) is 0 Å². The largest absolute Gasteiger partial charge is 0.465 e. The number of nitrogens with one attached hydrogen (secondary N) is 1. The summed E-state index contributed by atoms with van der Waals surface area (Å²) in [6, 6.07) is 3.49. The molecule has 0 fully saturated rings. The van der Waals surface area contributed by atoms with Crippen LogP contribution in [0.2, 0.25) is 0 Å². The van der Waals surface area contributed by atoms with Gasteiger partial charge >= 0.3 is 5.97 Å². The van der Waals surface area contributed by atoms with Crippen molar-refractivity contribution in [3.63, 3.8) is 0 Å². The molecular weight excluding hydrogens is 194 g/mol. The number of nitrogens with zero attached hydrogens (tertiary/aromatic N) is 2. The summed E-state index contributed by atoms with van der Waals surface area (Å²) < 4.78 is 4.57. The minimum absolute atomic E-state index is 0.366. The van der Waals surface area contributed by atoms with Crippen LogP contribution in [0.4, 0.5) is 0 Å². The van der Waals surface area contributed by atoms with E-state index in [2.05, 4.69) is 15.1 Å². The molecule has 15 heavy (non-hydrogen) atoms. The van der Waals surface area contributed by atoms with Crippen molar-refractivity contribution in [2.45, 2.75) is 6.54 Å². The normalized spacial score (nSPS) is 10.4. The molecule has 0 spiro atoms. The van der Waals surface area contributed by atoms with Crippen LogP contribution in [0.15, 0.2) is 18.3 Å². The Balaban J connectivity index is 2.60. The molecule has 0 aliphatic heterocycles. The predicted molar refractivity (Wildman–Crippen MR) is 56.1 cm³/mol. The first-order valence-corrected chi connectivity index (χ1v) is 4.57. The standard InChI is InChI=1S/C10H15N3O2/c1-13(2)12-7-9-5-4-8(6-11-9)10(14)15-3/h4-6,12H,7H2,1-3H3. The monoisotopic (exact) mass is 209 g/mol. The van der Waals surface area contributed by atoms with Crippen LogP contribution < -0.4 is 5.43 Å². The molecule has 0 atom stereocenters. The maximum Gasteiger partial charge on any atom is 0.339 e. The first-order chi connectivity index (χ1) is 7.13. The fourth-order valence-electron chi connectivity index (χ4n) is 1.01. The number of esters is 1. The molecule has 0 amide bonds. The van der Waals surface area contributed by atoms with E-state index in [1.54, 1.807) is 12.1 Å². The summed E-state index contributed by atoms with van der Waals surface area (Å²) >= 11 is 0. The molecule has 0 saturated heterocycles. The van der Waals surface area contributed by atoms with Gasteiger partial charge < -0.3 is 4.74 Å². The van der Waals surface area contributed by atoms with E-state index in [1.807, 2.05) is 19.1 Å². The molecule has 0 aliphatic rings. The third kappa shape index (κ3) is 3.65. The van der Waals surface area contributed by atoms with Crippen LogP contribution in [0.25, 0.3) is 0 Å².